The lowest BCUT2D eigenvalue weighted by molar-refractivity contribution is 1.17. The summed E-state index contributed by atoms with van der Waals surface area (Å²) in [5.74, 6) is 0.662. The van der Waals surface area contributed by atoms with Gasteiger partial charge in [-0.3, -0.25) is 0 Å². The molecule has 0 aliphatic heterocycles. The molecule has 100 valence electrons. The first-order valence-corrected chi connectivity index (χ1v) is 7.99. The van der Waals surface area contributed by atoms with Crippen LogP contribution in [-0.4, -0.2) is 9.97 Å². The molecule has 5 heteroatoms. The summed E-state index contributed by atoms with van der Waals surface area (Å²) in [6.45, 7) is 2.06. The van der Waals surface area contributed by atoms with E-state index in [1.807, 2.05) is 36.4 Å². The Balaban J connectivity index is 2.18. The number of halogens is 2. The number of aryl methyl sites for hydroxylation is 1. The third kappa shape index (κ3) is 2.64. The molecule has 3 rings (SSSR count). The summed E-state index contributed by atoms with van der Waals surface area (Å²) < 4.78 is 0.724. The molecule has 1 aromatic carbocycles. The third-order valence-electron chi connectivity index (χ3n) is 2.82. The number of hydrogen-bond acceptors (Lipinski definition) is 3. The van der Waals surface area contributed by atoms with Gasteiger partial charge in [-0.2, -0.15) is 0 Å². The minimum atomic E-state index is 0.430. The van der Waals surface area contributed by atoms with E-state index in [2.05, 4.69) is 38.9 Å². The second-order valence-corrected chi connectivity index (χ2v) is 6.72. The molecule has 2 heterocycles. The van der Waals surface area contributed by atoms with Gasteiger partial charge in [0.05, 0.1) is 15.0 Å². The van der Waals surface area contributed by atoms with E-state index < -0.39 is 0 Å². The Kier molecular flexibility index (Phi) is 3.87. The molecule has 0 saturated heterocycles. The van der Waals surface area contributed by atoms with Crippen LogP contribution in [0.3, 0.4) is 0 Å². The molecule has 0 atom stereocenters. The quantitative estimate of drug-likeness (QED) is 0.553. The van der Waals surface area contributed by atoms with Crippen LogP contribution in [0.25, 0.3) is 22.0 Å². The van der Waals surface area contributed by atoms with Crippen molar-refractivity contribution in [2.45, 2.75) is 6.92 Å². The van der Waals surface area contributed by atoms with Gasteiger partial charge >= 0.3 is 0 Å². The zero-order chi connectivity index (χ0) is 14.1. The van der Waals surface area contributed by atoms with E-state index in [1.54, 1.807) is 11.3 Å². The van der Waals surface area contributed by atoms with Crippen LogP contribution in [0.5, 0.6) is 0 Å². The first-order chi connectivity index (χ1) is 9.65. The molecule has 0 saturated carbocycles. The van der Waals surface area contributed by atoms with Crippen molar-refractivity contribution < 1.29 is 0 Å². The third-order valence-corrected chi connectivity index (χ3v) is 5.07. The Morgan fingerprint density at radius 3 is 2.45 bits per heavy atom. The Labute approximate surface area is 134 Å². The van der Waals surface area contributed by atoms with Crippen LogP contribution in [0.1, 0.15) is 4.88 Å². The SMILES string of the molecule is Cc1ccc(-c2nc(Cl)c(Br)c(-c3ccccc3)n2)s1. The van der Waals surface area contributed by atoms with Crippen molar-refractivity contribution in [1.29, 1.82) is 0 Å². The molecule has 20 heavy (non-hydrogen) atoms. The fourth-order valence-electron chi connectivity index (χ4n) is 1.87. The average molecular weight is 366 g/mol. The number of hydrogen-bond donors (Lipinski definition) is 0. The average Bonchev–Trinajstić information content (AvgIpc) is 2.89. The van der Waals surface area contributed by atoms with Crippen molar-refractivity contribution in [2.75, 3.05) is 0 Å². The zero-order valence-corrected chi connectivity index (χ0v) is 13.8. The van der Waals surface area contributed by atoms with E-state index in [4.69, 9.17) is 11.6 Å². The highest BCUT2D eigenvalue weighted by Gasteiger charge is 2.14. The highest BCUT2D eigenvalue weighted by atomic mass is 79.9. The zero-order valence-electron chi connectivity index (χ0n) is 10.6. The van der Waals surface area contributed by atoms with Gasteiger partial charge in [-0.05, 0) is 35.0 Å². The van der Waals surface area contributed by atoms with Gasteiger partial charge in [0.1, 0.15) is 5.15 Å². The van der Waals surface area contributed by atoms with Crippen molar-refractivity contribution in [3.63, 3.8) is 0 Å². The maximum atomic E-state index is 6.23. The van der Waals surface area contributed by atoms with E-state index in [0.29, 0.717) is 11.0 Å². The number of thiophene rings is 1. The van der Waals surface area contributed by atoms with Crippen molar-refractivity contribution in [1.82, 2.24) is 9.97 Å². The predicted molar refractivity (Wildman–Crippen MR) is 88.2 cm³/mol. The van der Waals surface area contributed by atoms with Gasteiger partial charge in [-0.15, -0.1) is 11.3 Å². The van der Waals surface area contributed by atoms with Crippen LogP contribution in [0.15, 0.2) is 46.9 Å². The van der Waals surface area contributed by atoms with Crippen LogP contribution >= 0.6 is 38.9 Å². The normalized spacial score (nSPS) is 10.8. The van der Waals surface area contributed by atoms with Crippen molar-refractivity contribution >= 4 is 38.9 Å². The van der Waals surface area contributed by atoms with E-state index in [1.165, 1.54) is 4.88 Å². The molecule has 3 aromatic rings. The smallest absolute Gasteiger partial charge is 0.171 e. The molecule has 0 aliphatic rings. The molecule has 0 spiro atoms. The van der Waals surface area contributed by atoms with Crippen LogP contribution in [0, 0.1) is 6.92 Å². The van der Waals surface area contributed by atoms with Crippen LogP contribution in [0.4, 0.5) is 0 Å². The minimum absolute atomic E-state index is 0.430. The van der Waals surface area contributed by atoms with E-state index in [0.717, 1.165) is 20.6 Å². The summed E-state index contributed by atoms with van der Waals surface area (Å²) >= 11 is 11.4. The molecular formula is C15H10BrClN2S. The largest absolute Gasteiger partial charge is 0.226 e. The van der Waals surface area contributed by atoms with Gasteiger partial charge < -0.3 is 0 Å². The molecule has 2 nitrogen and oxygen atoms in total. The first kappa shape index (κ1) is 13.7. The van der Waals surface area contributed by atoms with Gasteiger partial charge in [0, 0.05) is 10.4 Å². The van der Waals surface area contributed by atoms with Crippen molar-refractivity contribution in [2.24, 2.45) is 0 Å². The van der Waals surface area contributed by atoms with E-state index in [-0.39, 0.29) is 0 Å². The topological polar surface area (TPSA) is 25.8 Å². The van der Waals surface area contributed by atoms with E-state index >= 15 is 0 Å². The summed E-state index contributed by atoms with van der Waals surface area (Å²) in [7, 11) is 0. The molecule has 2 aromatic heterocycles. The standard InChI is InChI=1S/C15H10BrClN2S/c1-9-7-8-11(20-9)15-18-13(12(16)14(17)19-15)10-5-3-2-4-6-10/h2-8H,1H3. The van der Waals surface area contributed by atoms with E-state index in [9.17, 15) is 0 Å². The number of benzene rings is 1. The molecule has 0 amide bonds. The highest BCUT2D eigenvalue weighted by molar-refractivity contribution is 9.10. The van der Waals surface area contributed by atoms with Gasteiger partial charge in [0.2, 0.25) is 0 Å². The molecular weight excluding hydrogens is 356 g/mol. The Hall–Kier alpha value is -1.23. The van der Waals surface area contributed by atoms with Gasteiger partial charge in [-0.25, -0.2) is 9.97 Å². The second-order valence-electron chi connectivity index (χ2n) is 4.28. The van der Waals surface area contributed by atoms with Crippen molar-refractivity contribution in [3.05, 3.63) is 57.0 Å². The van der Waals surface area contributed by atoms with Crippen LogP contribution in [0.2, 0.25) is 5.15 Å². The summed E-state index contributed by atoms with van der Waals surface area (Å²) in [6, 6.07) is 14.0. The Bertz CT molecular complexity index is 756. The molecule has 0 N–H and O–H groups in total. The lowest BCUT2D eigenvalue weighted by atomic mass is 10.1. The summed E-state index contributed by atoms with van der Waals surface area (Å²) in [4.78, 5) is 11.3. The van der Waals surface area contributed by atoms with Gasteiger partial charge in [0.25, 0.3) is 0 Å². The number of rotatable bonds is 2. The lowest BCUT2D eigenvalue weighted by Crippen LogP contribution is -1.94. The molecule has 0 unspecified atom stereocenters. The van der Waals surface area contributed by atoms with Gasteiger partial charge in [-0.1, -0.05) is 41.9 Å². The lowest BCUT2D eigenvalue weighted by Gasteiger charge is -2.07. The van der Waals surface area contributed by atoms with Crippen molar-refractivity contribution in [3.8, 4) is 22.0 Å². The Morgan fingerprint density at radius 1 is 1.05 bits per heavy atom. The molecule has 0 bridgehead atoms. The Morgan fingerprint density at radius 2 is 1.80 bits per heavy atom. The first-order valence-electron chi connectivity index (χ1n) is 6.00. The molecule has 0 radical (unpaired) electrons. The fraction of sp³-hybridized carbons (Fsp3) is 0.0667. The molecule has 0 fully saturated rings. The summed E-state index contributed by atoms with van der Waals surface area (Å²) in [5, 5.41) is 0.430. The van der Waals surface area contributed by atoms with Crippen LogP contribution < -0.4 is 0 Å². The van der Waals surface area contributed by atoms with Gasteiger partial charge in [0.15, 0.2) is 5.82 Å². The maximum Gasteiger partial charge on any atom is 0.171 e. The highest BCUT2D eigenvalue weighted by Crippen LogP contribution is 2.34. The number of aromatic nitrogens is 2. The summed E-state index contributed by atoms with van der Waals surface area (Å²) in [6.07, 6.45) is 0. The van der Waals surface area contributed by atoms with Crippen LogP contribution in [-0.2, 0) is 0 Å². The fourth-order valence-corrected chi connectivity index (χ4v) is 3.25. The monoisotopic (exact) mass is 364 g/mol. The minimum Gasteiger partial charge on any atom is -0.226 e. The maximum absolute atomic E-state index is 6.23. The molecule has 0 aliphatic carbocycles. The summed E-state index contributed by atoms with van der Waals surface area (Å²) in [5.41, 5.74) is 1.82. The number of nitrogens with zero attached hydrogens (tertiary/aromatic N) is 2. The predicted octanol–water partition coefficient (Wildman–Crippen LogP) is 5.60. The second kappa shape index (κ2) is 5.64.